The number of rotatable bonds is 4. The molecule has 0 saturated heterocycles. The summed E-state index contributed by atoms with van der Waals surface area (Å²) in [6.07, 6.45) is 0. The molecular weight excluding hydrogens is 356 g/mol. The Labute approximate surface area is 131 Å². The normalized spacial score (nSPS) is 12.2. The van der Waals surface area contributed by atoms with E-state index in [1.807, 2.05) is 0 Å². The van der Waals surface area contributed by atoms with Gasteiger partial charge in [-0.1, -0.05) is 34.1 Å². The fraction of sp³-hybridized carbons (Fsp3) is 0.0714. The third kappa shape index (κ3) is 3.83. The Bertz CT molecular complexity index is 774. The summed E-state index contributed by atoms with van der Waals surface area (Å²) in [5.74, 6) is 0.0263. The standard InChI is InChI=1S/C14H13BrN2O3S/c1-10(13-9-11(15)7-8-14(13)18)16-17-21(19,20)12-5-3-2-4-6-12/h2-9,17-18H,1H3/b16-10+. The van der Waals surface area contributed by atoms with Crippen molar-refractivity contribution in [1.82, 2.24) is 4.83 Å². The van der Waals surface area contributed by atoms with Crippen LogP contribution in [0.1, 0.15) is 12.5 Å². The predicted molar refractivity (Wildman–Crippen MR) is 84.8 cm³/mol. The van der Waals surface area contributed by atoms with Crippen molar-refractivity contribution in [2.45, 2.75) is 11.8 Å². The van der Waals surface area contributed by atoms with E-state index < -0.39 is 10.0 Å². The molecule has 0 aliphatic carbocycles. The van der Waals surface area contributed by atoms with Gasteiger partial charge in [-0.2, -0.15) is 18.4 Å². The maximum Gasteiger partial charge on any atom is 0.276 e. The first kappa shape index (κ1) is 15.5. The van der Waals surface area contributed by atoms with Gasteiger partial charge in [-0.25, -0.2) is 0 Å². The lowest BCUT2D eigenvalue weighted by Crippen LogP contribution is -2.19. The molecule has 0 amide bonds. The van der Waals surface area contributed by atoms with Crippen LogP contribution in [0.25, 0.3) is 0 Å². The highest BCUT2D eigenvalue weighted by atomic mass is 79.9. The van der Waals surface area contributed by atoms with Gasteiger partial charge < -0.3 is 5.11 Å². The van der Waals surface area contributed by atoms with Gasteiger partial charge in [-0.05, 0) is 37.3 Å². The average Bonchev–Trinajstić information content (AvgIpc) is 2.48. The molecule has 110 valence electrons. The van der Waals surface area contributed by atoms with E-state index in [2.05, 4.69) is 25.9 Å². The number of nitrogens with zero attached hydrogens (tertiary/aromatic N) is 1. The average molecular weight is 369 g/mol. The van der Waals surface area contributed by atoms with E-state index in [9.17, 15) is 13.5 Å². The number of phenols is 1. The molecule has 0 radical (unpaired) electrons. The lowest BCUT2D eigenvalue weighted by Gasteiger charge is -2.07. The van der Waals surface area contributed by atoms with Crippen LogP contribution < -0.4 is 4.83 Å². The van der Waals surface area contributed by atoms with Crippen LogP contribution in [0, 0.1) is 0 Å². The van der Waals surface area contributed by atoms with E-state index in [1.165, 1.54) is 18.2 Å². The number of halogens is 1. The highest BCUT2D eigenvalue weighted by Gasteiger charge is 2.13. The number of benzene rings is 2. The summed E-state index contributed by atoms with van der Waals surface area (Å²) >= 11 is 3.29. The van der Waals surface area contributed by atoms with Crippen molar-refractivity contribution in [2.75, 3.05) is 0 Å². The van der Waals surface area contributed by atoms with Crippen molar-refractivity contribution in [1.29, 1.82) is 0 Å². The zero-order valence-corrected chi connectivity index (χ0v) is 13.5. The molecule has 0 aliphatic heterocycles. The summed E-state index contributed by atoms with van der Waals surface area (Å²) in [7, 11) is -3.72. The minimum absolute atomic E-state index is 0.0263. The van der Waals surface area contributed by atoms with Crippen molar-refractivity contribution in [3.63, 3.8) is 0 Å². The number of sulfonamides is 1. The van der Waals surface area contributed by atoms with E-state index in [1.54, 1.807) is 37.3 Å². The highest BCUT2D eigenvalue weighted by Crippen LogP contribution is 2.22. The van der Waals surface area contributed by atoms with Gasteiger partial charge in [0.15, 0.2) is 0 Å². The van der Waals surface area contributed by atoms with Crippen LogP contribution in [-0.4, -0.2) is 19.2 Å². The Kier molecular flexibility index (Phi) is 4.64. The van der Waals surface area contributed by atoms with Gasteiger partial charge in [0.2, 0.25) is 0 Å². The van der Waals surface area contributed by atoms with Gasteiger partial charge in [-0.15, -0.1) is 0 Å². The summed E-state index contributed by atoms with van der Waals surface area (Å²) in [6.45, 7) is 1.61. The third-order valence-corrected chi connectivity index (χ3v) is 4.45. The van der Waals surface area contributed by atoms with Crippen LogP contribution in [0.3, 0.4) is 0 Å². The quantitative estimate of drug-likeness (QED) is 0.643. The first-order valence-electron chi connectivity index (χ1n) is 6.00. The fourth-order valence-electron chi connectivity index (χ4n) is 1.64. The van der Waals surface area contributed by atoms with Crippen molar-refractivity contribution in [2.24, 2.45) is 5.10 Å². The number of aromatic hydroxyl groups is 1. The predicted octanol–water partition coefficient (Wildman–Crippen LogP) is 2.86. The Hall–Kier alpha value is -1.86. The molecule has 2 aromatic carbocycles. The third-order valence-electron chi connectivity index (χ3n) is 2.74. The zero-order chi connectivity index (χ0) is 15.5. The monoisotopic (exact) mass is 368 g/mol. The number of phenolic OH excluding ortho intramolecular Hbond substituents is 1. The molecule has 0 saturated carbocycles. The first-order chi connectivity index (χ1) is 9.90. The van der Waals surface area contributed by atoms with Crippen LogP contribution in [0.2, 0.25) is 0 Å². The van der Waals surface area contributed by atoms with Crippen LogP contribution in [0.15, 0.2) is 63.0 Å². The topological polar surface area (TPSA) is 78.8 Å². The minimum Gasteiger partial charge on any atom is -0.507 e. The van der Waals surface area contributed by atoms with Crippen molar-refractivity contribution >= 4 is 31.7 Å². The molecule has 0 heterocycles. The molecule has 5 nitrogen and oxygen atoms in total. The summed E-state index contributed by atoms with van der Waals surface area (Å²) in [5.41, 5.74) is 0.799. The van der Waals surface area contributed by atoms with E-state index in [4.69, 9.17) is 0 Å². The fourth-order valence-corrected chi connectivity index (χ4v) is 2.88. The number of hydrogen-bond acceptors (Lipinski definition) is 4. The Morgan fingerprint density at radius 2 is 1.86 bits per heavy atom. The molecule has 0 aromatic heterocycles. The highest BCUT2D eigenvalue weighted by molar-refractivity contribution is 9.10. The van der Waals surface area contributed by atoms with Gasteiger partial charge in [0.1, 0.15) is 5.75 Å². The molecule has 0 spiro atoms. The number of hydrazone groups is 1. The largest absolute Gasteiger partial charge is 0.507 e. The van der Waals surface area contributed by atoms with Gasteiger partial charge in [0.05, 0.1) is 10.6 Å². The molecule has 0 bridgehead atoms. The summed E-state index contributed by atoms with van der Waals surface area (Å²) in [6, 6.07) is 12.8. The molecule has 7 heteroatoms. The maximum absolute atomic E-state index is 12.0. The molecular formula is C14H13BrN2O3S. The second-order valence-electron chi connectivity index (χ2n) is 4.27. The number of hydrogen-bond donors (Lipinski definition) is 2. The summed E-state index contributed by atoms with van der Waals surface area (Å²) in [5, 5.41) is 13.6. The Morgan fingerprint density at radius 1 is 1.19 bits per heavy atom. The van der Waals surface area contributed by atoms with Crippen LogP contribution in [0.4, 0.5) is 0 Å². The van der Waals surface area contributed by atoms with Crippen LogP contribution >= 0.6 is 15.9 Å². The smallest absolute Gasteiger partial charge is 0.276 e. The lowest BCUT2D eigenvalue weighted by atomic mass is 10.1. The van der Waals surface area contributed by atoms with Gasteiger partial charge in [-0.3, -0.25) is 0 Å². The molecule has 21 heavy (non-hydrogen) atoms. The maximum atomic E-state index is 12.0. The van der Waals surface area contributed by atoms with Crippen molar-refractivity contribution < 1.29 is 13.5 Å². The van der Waals surface area contributed by atoms with Crippen molar-refractivity contribution in [3.8, 4) is 5.75 Å². The van der Waals surface area contributed by atoms with Crippen molar-refractivity contribution in [3.05, 3.63) is 58.6 Å². The molecule has 0 atom stereocenters. The van der Waals surface area contributed by atoms with Crippen LogP contribution in [-0.2, 0) is 10.0 Å². The lowest BCUT2D eigenvalue weighted by molar-refractivity contribution is 0.474. The summed E-state index contributed by atoms with van der Waals surface area (Å²) in [4.78, 5) is 2.28. The Balaban J connectivity index is 2.27. The summed E-state index contributed by atoms with van der Waals surface area (Å²) < 4.78 is 24.8. The van der Waals surface area contributed by atoms with Gasteiger partial charge >= 0.3 is 0 Å². The molecule has 2 aromatic rings. The second kappa shape index (κ2) is 6.28. The van der Waals surface area contributed by atoms with E-state index in [0.717, 1.165) is 4.47 Å². The van der Waals surface area contributed by atoms with E-state index in [-0.39, 0.29) is 10.6 Å². The molecule has 0 fully saturated rings. The second-order valence-corrected chi connectivity index (χ2v) is 6.84. The van der Waals surface area contributed by atoms with Crippen LogP contribution in [0.5, 0.6) is 5.75 Å². The van der Waals surface area contributed by atoms with E-state index in [0.29, 0.717) is 11.3 Å². The Morgan fingerprint density at radius 3 is 2.52 bits per heavy atom. The van der Waals surface area contributed by atoms with Gasteiger partial charge in [0.25, 0.3) is 10.0 Å². The molecule has 0 unspecified atom stereocenters. The molecule has 2 N–H and O–H groups in total. The minimum atomic E-state index is -3.72. The van der Waals surface area contributed by atoms with Gasteiger partial charge in [0, 0.05) is 10.0 Å². The number of nitrogens with one attached hydrogen (secondary N) is 1. The molecule has 2 rings (SSSR count). The SMILES string of the molecule is C/C(=N\NS(=O)(=O)c1ccccc1)c1cc(Br)ccc1O. The van der Waals surface area contributed by atoms with E-state index >= 15 is 0 Å². The molecule has 0 aliphatic rings. The zero-order valence-electron chi connectivity index (χ0n) is 11.1. The first-order valence-corrected chi connectivity index (χ1v) is 8.28.